The summed E-state index contributed by atoms with van der Waals surface area (Å²) in [4.78, 5) is 4.79. The van der Waals surface area contributed by atoms with Crippen LogP contribution in [0.25, 0.3) is 33.7 Å². The lowest BCUT2D eigenvalue weighted by atomic mass is 9.96. The number of nitrogens with one attached hydrogen (secondary N) is 1. The second-order valence-electron chi connectivity index (χ2n) is 7.52. The van der Waals surface area contributed by atoms with Gasteiger partial charge in [-0.2, -0.15) is 5.26 Å². The van der Waals surface area contributed by atoms with E-state index in [1.165, 1.54) is 5.56 Å². The third-order valence-electron chi connectivity index (χ3n) is 5.99. The summed E-state index contributed by atoms with van der Waals surface area (Å²) in [6.45, 7) is 2.09. The maximum absolute atomic E-state index is 9.83. The van der Waals surface area contributed by atoms with Gasteiger partial charge in [0.15, 0.2) is 5.58 Å². The van der Waals surface area contributed by atoms with E-state index in [0.717, 1.165) is 46.2 Å². The zero-order valence-corrected chi connectivity index (χ0v) is 16.5. The third-order valence-corrected chi connectivity index (χ3v) is 5.99. The highest BCUT2D eigenvalue weighted by Crippen LogP contribution is 2.39. The zero-order valence-electron chi connectivity index (χ0n) is 16.5. The third kappa shape index (κ3) is 2.74. The number of aromatic nitrogens is 1. The van der Waals surface area contributed by atoms with Gasteiger partial charge in [0.25, 0.3) is 0 Å². The summed E-state index contributed by atoms with van der Waals surface area (Å²) in [5, 5.41) is 13.2. The summed E-state index contributed by atoms with van der Waals surface area (Å²) >= 11 is 0. The summed E-state index contributed by atoms with van der Waals surface area (Å²) in [5.74, 6) is 0.566. The minimum Gasteiger partial charge on any atom is -0.435 e. The second kappa shape index (κ2) is 6.88. The van der Waals surface area contributed by atoms with Crippen LogP contribution in [0.2, 0.25) is 0 Å². The molecule has 1 atom stereocenters. The fourth-order valence-corrected chi connectivity index (χ4v) is 4.48. The number of benzene rings is 3. The average Bonchev–Trinajstić information content (AvgIpc) is 3.36. The molecule has 0 unspecified atom stereocenters. The molecule has 0 radical (unpaired) electrons. The van der Waals surface area contributed by atoms with Crippen molar-refractivity contribution in [3.63, 3.8) is 0 Å². The molecule has 0 saturated carbocycles. The first-order valence-corrected chi connectivity index (χ1v) is 9.90. The van der Waals surface area contributed by atoms with Gasteiger partial charge in [-0.05, 0) is 66.8 Å². The minimum atomic E-state index is 0.268. The quantitative estimate of drug-likeness (QED) is 0.507. The number of nitrogens with zero attached hydrogens (tertiary/aromatic N) is 2. The molecular formula is C25H21N3O. The van der Waals surface area contributed by atoms with Crippen LogP contribution in [0.5, 0.6) is 0 Å². The number of rotatable bonds is 3. The molecule has 5 rings (SSSR count). The minimum absolute atomic E-state index is 0.268. The molecule has 1 N–H and O–H groups in total. The number of hydrogen-bond acceptors (Lipinski definition) is 4. The number of hydrogen-bond donors (Lipinski definition) is 1. The Labute approximate surface area is 169 Å². The molecule has 4 heteroatoms. The van der Waals surface area contributed by atoms with Crippen molar-refractivity contribution in [2.45, 2.75) is 25.8 Å². The van der Waals surface area contributed by atoms with Crippen molar-refractivity contribution in [3.8, 4) is 28.7 Å². The molecule has 0 fully saturated rings. The van der Waals surface area contributed by atoms with Crippen molar-refractivity contribution in [1.29, 1.82) is 5.26 Å². The molecule has 0 spiro atoms. The van der Waals surface area contributed by atoms with Crippen LogP contribution in [-0.4, -0.2) is 12.0 Å². The summed E-state index contributed by atoms with van der Waals surface area (Å²) in [5.41, 5.74) is 8.64. The van der Waals surface area contributed by atoms with Gasteiger partial charge in [0.2, 0.25) is 5.89 Å². The molecule has 1 heterocycles. The van der Waals surface area contributed by atoms with E-state index in [1.54, 1.807) is 0 Å². The van der Waals surface area contributed by atoms with Gasteiger partial charge in [-0.3, -0.25) is 0 Å². The molecule has 1 aromatic heterocycles. The predicted octanol–water partition coefficient (Wildman–Crippen LogP) is 5.55. The average molecular weight is 379 g/mol. The summed E-state index contributed by atoms with van der Waals surface area (Å²) < 4.78 is 6.19. The lowest BCUT2D eigenvalue weighted by Gasteiger charge is -2.09. The van der Waals surface area contributed by atoms with Crippen LogP contribution in [0.3, 0.4) is 0 Å². The molecule has 29 heavy (non-hydrogen) atoms. The van der Waals surface area contributed by atoms with E-state index in [-0.39, 0.29) is 6.04 Å². The lowest BCUT2D eigenvalue weighted by Crippen LogP contribution is -2.12. The molecule has 142 valence electrons. The maximum Gasteiger partial charge on any atom is 0.227 e. The van der Waals surface area contributed by atoms with Crippen molar-refractivity contribution >= 4 is 11.1 Å². The predicted molar refractivity (Wildman–Crippen MR) is 114 cm³/mol. The lowest BCUT2D eigenvalue weighted by molar-refractivity contribution is 0.591. The highest BCUT2D eigenvalue weighted by Gasteiger charge is 2.28. The molecule has 4 aromatic rings. The van der Waals surface area contributed by atoms with Crippen molar-refractivity contribution < 1.29 is 4.42 Å². The molecule has 0 amide bonds. The SMILES string of the molecule is CN[C@@H]1CCc2c1cc1nc(-c3cccc(-c4ccccc4)c3C)oc1c2C#N. The van der Waals surface area contributed by atoms with E-state index >= 15 is 0 Å². The monoisotopic (exact) mass is 379 g/mol. The second-order valence-corrected chi connectivity index (χ2v) is 7.52. The topological polar surface area (TPSA) is 61.9 Å². The normalized spacial score (nSPS) is 15.4. The standard InChI is InChI=1S/C25H21N3O/c1-15-17(16-7-4-3-5-8-16)9-6-10-18(15)25-28-23-13-20-19(11-12-22(20)27-2)21(14-26)24(23)29-25/h3-10,13,22,27H,11-12H2,1-2H3/t22-/m1/s1. The van der Waals surface area contributed by atoms with Gasteiger partial charge in [0.05, 0.1) is 0 Å². The first-order valence-electron chi connectivity index (χ1n) is 9.90. The Bertz CT molecular complexity index is 1260. The fraction of sp³-hybridized carbons (Fsp3) is 0.200. The van der Waals surface area contributed by atoms with E-state index in [9.17, 15) is 5.26 Å². The molecule has 0 aliphatic heterocycles. The largest absolute Gasteiger partial charge is 0.435 e. The Kier molecular flexibility index (Phi) is 4.19. The van der Waals surface area contributed by atoms with Gasteiger partial charge >= 0.3 is 0 Å². The van der Waals surface area contributed by atoms with Crippen LogP contribution in [-0.2, 0) is 6.42 Å². The molecular weight excluding hydrogens is 358 g/mol. The highest BCUT2D eigenvalue weighted by atomic mass is 16.3. The highest BCUT2D eigenvalue weighted by molar-refractivity contribution is 5.86. The molecule has 1 aliphatic rings. The van der Waals surface area contributed by atoms with Gasteiger partial charge in [0, 0.05) is 11.6 Å². The van der Waals surface area contributed by atoms with E-state index in [2.05, 4.69) is 42.6 Å². The maximum atomic E-state index is 9.83. The fourth-order valence-electron chi connectivity index (χ4n) is 4.48. The first-order chi connectivity index (χ1) is 14.2. The number of fused-ring (bicyclic) bond motifs is 2. The van der Waals surface area contributed by atoms with Crippen LogP contribution in [0.15, 0.2) is 59.0 Å². The van der Waals surface area contributed by atoms with Crippen molar-refractivity contribution in [1.82, 2.24) is 10.3 Å². The van der Waals surface area contributed by atoms with Crippen LogP contribution >= 0.6 is 0 Å². The Balaban J connectivity index is 1.69. The molecule has 4 nitrogen and oxygen atoms in total. The van der Waals surface area contributed by atoms with Crippen LogP contribution in [0.4, 0.5) is 0 Å². The van der Waals surface area contributed by atoms with Crippen LogP contribution < -0.4 is 5.32 Å². The van der Waals surface area contributed by atoms with Gasteiger partial charge in [-0.1, -0.05) is 42.5 Å². The van der Waals surface area contributed by atoms with Crippen molar-refractivity contribution in [3.05, 3.63) is 76.9 Å². The Morgan fingerprint density at radius 1 is 1.10 bits per heavy atom. The Morgan fingerprint density at radius 3 is 2.66 bits per heavy atom. The van der Waals surface area contributed by atoms with Crippen molar-refractivity contribution in [2.24, 2.45) is 0 Å². The smallest absolute Gasteiger partial charge is 0.227 e. The Hall–Kier alpha value is -3.42. The van der Waals surface area contributed by atoms with Gasteiger partial charge in [0.1, 0.15) is 17.1 Å². The number of nitriles is 1. The Morgan fingerprint density at radius 2 is 1.90 bits per heavy atom. The van der Waals surface area contributed by atoms with Gasteiger partial charge in [-0.25, -0.2) is 4.98 Å². The molecule has 0 bridgehead atoms. The van der Waals surface area contributed by atoms with Crippen LogP contribution in [0.1, 0.15) is 34.7 Å². The molecule has 0 saturated heterocycles. The molecule has 1 aliphatic carbocycles. The van der Waals surface area contributed by atoms with Crippen LogP contribution in [0, 0.1) is 18.3 Å². The zero-order chi connectivity index (χ0) is 20.0. The van der Waals surface area contributed by atoms with E-state index in [0.29, 0.717) is 17.0 Å². The first kappa shape index (κ1) is 17.7. The van der Waals surface area contributed by atoms with Gasteiger partial charge in [-0.15, -0.1) is 0 Å². The van der Waals surface area contributed by atoms with E-state index in [1.807, 2.05) is 37.4 Å². The molecule has 3 aromatic carbocycles. The van der Waals surface area contributed by atoms with Crippen molar-refractivity contribution in [2.75, 3.05) is 7.05 Å². The summed E-state index contributed by atoms with van der Waals surface area (Å²) in [6, 6.07) is 21.2. The van der Waals surface area contributed by atoms with E-state index < -0.39 is 0 Å². The summed E-state index contributed by atoms with van der Waals surface area (Å²) in [7, 11) is 1.96. The number of oxazole rings is 1. The van der Waals surface area contributed by atoms with E-state index in [4.69, 9.17) is 9.40 Å². The van der Waals surface area contributed by atoms with Gasteiger partial charge < -0.3 is 9.73 Å². The summed E-state index contributed by atoms with van der Waals surface area (Å²) in [6.07, 6.45) is 1.89.